The SMILES string of the molecule is CNC(=O)c1ccc(OCc2cnn([C@H]3CCN(C(=O)O)C[C@H]3F)c2C#N)c(F)c1. The van der Waals surface area contributed by atoms with Crippen LogP contribution >= 0.6 is 0 Å². The van der Waals surface area contributed by atoms with Crippen LogP contribution in [0, 0.1) is 17.1 Å². The van der Waals surface area contributed by atoms with E-state index in [1.165, 1.54) is 30.1 Å². The lowest BCUT2D eigenvalue weighted by Gasteiger charge is -2.33. The van der Waals surface area contributed by atoms with Gasteiger partial charge in [-0.15, -0.1) is 0 Å². The van der Waals surface area contributed by atoms with Crippen LogP contribution in [0.25, 0.3) is 0 Å². The van der Waals surface area contributed by atoms with Gasteiger partial charge in [-0.3, -0.25) is 4.79 Å². The van der Waals surface area contributed by atoms with Crippen molar-refractivity contribution in [2.75, 3.05) is 20.1 Å². The zero-order valence-electron chi connectivity index (χ0n) is 16.0. The third kappa shape index (κ3) is 4.17. The maximum Gasteiger partial charge on any atom is 0.407 e. The number of halogens is 2. The first-order valence-electron chi connectivity index (χ1n) is 9.08. The molecule has 2 N–H and O–H groups in total. The maximum atomic E-state index is 14.5. The van der Waals surface area contributed by atoms with Crippen LogP contribution in [0.1, 0.15) is 34.1 Å². The molecule has 1 saturated heterocycles. The zero-order chi connectivity index (χ0) is 21.8. The van der Waals surface area contributed by atoms with E-state index in [9.17, 15) is 23.6 Å². The number of benzene rings is 1. The number of hydrogen-bond donors (Lipinski definition) is 2. The number of amides is 2. The first kappa shape index (κ1) is 21.0. The Bertz CT molecular complexity index is 1000. The number of nitrogens with one attached hydrogen (secondary N) is 1. The summed E-state index contributed by atoms with van der Waals surface area (Å²) in [6.07, 6.45) is -1.22. The van der Waals surface area contributed by atoms with Crippen molar-refractivity contribution >= 4 is 12.0 Å². The predicted molar refractivity (Wildman–Crippen MR) is 99.2 cm³/mol. The summed E-state index contributed by atoms with van der Waals surface area (Å²) in [6, 6.07) is 4.91. The highest BCUT2D eigenvalue weighted by Gasteiger charge is 2.34. The largest absolute Gasteiger partial charge is 0.486 e. The summed E-state index contributed by atoms with van der Waals surface area (Å²) in [5.41, 5.74) is 0.531. The molecular formula is C19H19F2N5O4. The van der Waals surface area contributed by atoms with Gasteiger partial charge < -0.3 is 20.1 Å². The van der Waals surface area contributed by atoms with Crippen molar-refractivity contribution < 1.29 is 28.2 Å². The lowest BCUT2D eigenvalue weighted by Crippen LogP contribution is -2.45. The second-order valence-corrected chi connectivity index (χ2v) is 6.69. The van der Waals surface area contributed by atoms with Crippen LogP contribution in [0.15, 0.2) is 24.4 Å². The molecule has 0 aliphatic carbocycles. The number of aromatic nitrogens is 2. The third-order valence-corrected chi connectivity index (χ3v) is 4.87. The van der Waals surface area contributed by atoms with Crippen molar-refractivity contribution in [2.24, 2.45) is 0 Å². The Morgan fingerprint density at radius 2 is 2.23 bits per heavy atom. The van der Waals surface area contributed by atoms with Gasteiger partial charge in [-0.05, 0) is 24.6 Å². The Balaban J connectivity index is 1.73. The molecule has 11 heteroatoms. The van der Waals surface area contributed by atoms with E-state index in [1.54, 1.807) is 0 Å². The first-order chi connectivity index (χ1) is 14.3. The van der Waals surface area contributed by atoms with Gasteiger partial charge in [0.05, 0.1) is 18.8 Å². The van der Waals surface area contributed by atoms with Crippen LogP contribution < -0.4 is 10.1 Å². The minimum atomic E-state index is -1.52. The highest BCUT2D eigenvalue weighted by atomic mass is 19.1. The summed E-state index contributed by atoms with van der Waals surface area (Å²) in [7, 11) is 1.43. The molecule has 2 heterocycles. The molecule has 0 spiro atoms. The van der Waals surface area contributed by atoms with Crippen molar-refractivity contribution in [3.05, 3.63) is 47.0 Å². The van der Waals surface area contributed by atoms with E-state index in [4.69, 9.17) is 9.84 Å². The third-order valence-electron chi connectivity index (χ3n) is 4.87. The number of carboxylic acid groups (broad SMARTS) is 1. The zero-order valence-corrected chi connectivity index (χ0v) is 16.0. The van der Waals surface area contributed by atoms with Crippen LogP contribution in [0.4, 0.5) is 13.6 Å². The van der Waals surface area contributed by atoms with E-state index in [0.717, 1.165) is 11.0 Å². The van der Waals surface area contributed by atoms with Crippen LogP contribution in [-0.4, -0.2) is 58.1 Å². The van der Waals surface area contributed by atoms with Crippen LogP contribution in [0.2, 0.25) is 0 Å². The molecule has 9 nitrogen and oxygen atoms in total. The average Bonchev–Trinajstić information content (AvgIpc) is 3.14. The van der Waals surface area contributed by atoms with Crippen molar-refractivity contribution in [1.82, 2.24) is 20.0 Å². The molecule has 0 bridgehead atoms. The van der Waals surface area contributed by atoms with E-state index >= 15 is 0 Å². The van der Waals surface area contributed by atoms with Gasteiger partial charge in [0.25, 0.3) is 5.91 Å². The number of piperidine rings is 1. The highest BCUT2D eigenvalue weighted by Crippen LogP contribution is 2.28. The molecule has 30 heavy (non-hydrogen) atoms. The van der Waals surface area contributed by atoms with Gasteiger partial charge in [-0.2, -0.15) is 10.4 Å². The molecule has 1 fully saturated rings. The van der Waals surface area contributed by atoms with Crippen molar-refractivity contribution in [2.45, 2.75) is 25.2 Å². The molecule has 3 rings (SSSR count). The fraction of sp³-hybridized carbons (Fsp3) is 0.368. The van der Waals surface area contributed by atoms with Crippen LogP contribution in [0.5, 0.6) is 5.75 Å². The molecule has 2 amide bonds. The average molecular weight is 419 g/mol. The highest BCUT2D eigenvalue weighted by molar-refractivity contribution is 5.94. The number of carbonyl (C=O) groups is 2. The standard InChI is InChI=1S/C19H19F2N5O4/c1-23-18(27)11-2-3-17(13(20)6-11)30-10-12-8-24-26(16(12)7-22)15-4-5-25(19(28)29)9-14(15)21/h2-3,6,8,14-15H,4-5,9-10H2,1H3,(H,23,27)(H,28,29)/t14-,15+/m1/s1. The Hall–Kier alpha value is -3.68. The van der Waals surface area contributed by atoms with Gasteiger partial charge >= 0.3 is 6.09 Å². The summed E-state index contributed by atoms with van der Waals surface area (Å²) in [4.78, 5) is 23.5. The Morgan fingerprint density at radius 1 is 1.47 bits per heavy atom. The minimum Gasteiger partial charge on any atom is -0.486 e. The molecule has 1 aliphatic rings. The van der Waals surface area contributed by atoms with Gasteiger partial charge in [0.1, 0.15) is 24.5 Å². The number of nitriles is 1. The molecule has 1 aromatic heterocycles. The van der Waals surface area contributed by atoms with Crippen molar-refractivity contribution in [3.63, 3.8) is 0 Å². The monoisotopic (exact) mass is 419 g/mol. The molecule has 2 atom stereocenters. The maximum absolute atomic E-state index is 14.5. The molecule has 2 aromatic rings. The van der Waals surface area contributed by atoms with E-state index in [0.29, 0.717) is 5.56 Å². The van der Waals surface area contributed by atoms with Gasteiger partial charge in [0.2, 0.25) is 0 Å². The number of rotatable bonds is 5. The number of nitrogens with zero attached hydrogens (tertiary/aromatic N) is 4. The van der Waals surface area contributed by atoms with Gasteiger partial charge in [-0.25, -0.2) is 18.3 Å². The fourth-order valence-electron chi connectivity index (χ4n) is 3.28. The lowest BCUT2D eigenvalue weighted by molar-refractivity contribution is 0.0751. The molecule has 0 radical (unpaired) electrons. The molecule has 0 saturated carbocycles. The summed E-state index contributed by atoms with van der Waals surface area (Å²) in [6.45, 7) is -0.372. The second kappa shape index (κ2) is 8.77. The normalized spacial score (nSPS) is 18.5. The van der Waals surface area contributed by atoms with E-state index < -0.39 is 30.0 Å². The number of carbonyl (C=O) groups excluding carboxylic acids is 1. The van der Waals surface area contributed by atoms with Crippen LogP contribution in [-0.2, 0) is 6.61 Å². The Labute approximate surface area is 170 Å². The Kier molecular flexibility index (Phi) is 6.15. The molecule has 0 unspecified atom stereocenters. The minimum absolute atomic E-state index is 0.0637. The number of hydrogen-bond acceptors (Lipinski definition) is 5. The number of likely N-dealkylation sites (tertiary alicyclic amines) is 1. The molecule has 1 aromatic carbocycles. The second-order valence-electron chi connectivity index (χ2n) is 6.69. The fourth-order valence-corrected chi connectivity index (χ4v) is 3.28. The predicted octanol–water partition coefficient (Wildman–Crippen LogP) is 2.10. The first-order valence-corrected chi connectivity index (χ1v) is 9.08. The summed E-state index contributed by atoms with van der Waals surface area (Å²) < 4.78 is 35.4. The smallest absolute Gasteiger partial charge is 0.407 e. The Morgan fingerprint density at radius 3 is 2.83 bits per heavy atom. The van der Waals surface area contributed by atoms with Gasteiger partial charge in [0.15, 0.2) is 11.6 Å². The van der Waals surface area contributed by atoms with E-state index in [1.807, 2.05) is 6.07 Å². The van der Waals surface area contributed by atoms with E-state index in [-0.39, 0.29) is 43.1 Å². The summed E-state index contributed by atoms with van der Waals surface area (Å²) in [5.74, 6) is -1.30. The van der Waals surface area contributed by atoms with Crippen molar-refractivity contribution in [3.8, 4) is 11.8 Å². The number of alkyl halides is 1. The summed E-state index contributed by atoms with van der Waals surface area (Å²) in [5, 5.41) is 25.0. The number of ether oxygens (including phenoxy) is 1. The van der Waals surface area contributed by atoms with Crippen molar-refractivity contribution in [1.29, 1.82) is 5.26 Å². The topological polar surface area (TPSA) is 120 Å². The van der Waals surface area contributed by atoms with E-state index in [2.05, 4.69) is 10.4 Å². The van der Waals surface area contributed by atoms with Crippen LogP contribution in [0.3, 0.4) is 0 Å². The molecule has 158 valence electrons. The molecule has 1 aliphatic heterocycles. The lowest BCUT2D eigenvalue weighted by atomic mass is 10.0. The quantitative estimate of drug-likeness (QED) is 0.766. The molecular weight excluding hydrogens is 400 g/mol. The van der Waals surface area contributed by atoms with Gasteiger partial charge in [-0.1, -0.05) is 0 Å². The summed E-state index contributed by atoms with van der Waals surface area (Å²) >= 11 is 0. The van der Waals surface area contributed by atoms with Gasteiger partial charge in [0, 0.05) is 24.7 Å².